The summed E-state index contributed by atoms with van der Waals surface area (Å²) in [5, 5.41) is 2.73. The Morgan fingerprint density at radius 3 is 2.56 bits per heavy atom. The molecule has 1 aromatic heterocycles. The predicted octanol–water partition coefficient (Wildman–Crippen LogP) is 4.23. The fourth-order valence-corrected chi connectivity index (χ4v) is 3.44. The zero-order chi connectivity index (χ0) is 22.5. The van der Waals surface area contributed by atoms with Crippen LogP contribution in [0, 0.1) is 0 Å². The molecule has 1 amide bonds. The summed E-state index contributed by atoms with van der Waals surface area (Å²) in [6, 6.07) is 20.8. The Kier molecular flexibility index (Phi) is 6.21. The molecule has 4 rings (SSSR count). The topological polar surface area (TPSA) is 73.2 Å². The number of rotatable bonds is 7. The molecule has 0 aliphatic carbocycles. The molecule has 6 nitrogen and oxygen atoms in total. The second-order valence-corrected chi connectivity index (χ2v) is 7.08. The highest BCUT2D eigenvalue weighted by atomic mass is 19.3. The summed E-state index contributed by atoms with van der Waals surface area (Å²) in [4.78, 5) is 29.0. The van der Waals surface area contributed by atoms with Gasteiger partial charge in [-0.3, -0.25) is 14.2 Å². The largest absolute Gasteiger partial charge is 0.435 e. The Morgan fingerprint density at radius 2 is 1.78 bits per heavy atom. The van der Waals surface area contributed by atoms with Crippen LogP contribution in [0.5, 0.6) is 5.75 Å². The first-order chi connectivity index (χ1) is 15.5. The summed E-state index contributed by atoms with van der Waals surface area (Å²) < 4.78 is 31.6. The number of fused-ring (bicyclic) bond motifs is 1. The van der Waals surface area contributed by atoms with Crippen molar-refractivity contribution < 1.29 is 18.3 Å². The molecule has 1 N–H and O–H groups in total. The van der Waals surface area contributed by atoms with E-state index in [1.54, 1.807) is 30.3 Å². The van der Waals surface area contributed by atoms with Gasteiger partial charge in [0.05, 0.1) is 17.2 Å². The van der Waals surface area contributed by atoms with Gasteiger partial charge in [0.2, 0.25) is 5.91 Å². The minimum absolute atomic E-state index is 0.0400. The monoisotopic (exact) mass is 435 g/mol. The molecule has 1 heterocycles. The predicted molar refractivity (Wildman–Crippen MR) is 117 cm³/mol. The molecule has 0 bridgehead atoms. The van der Waals surface area contributed by atoms with Crippen LogP contribution in [0.25, 0.3) is 11.0 Å². The van der Waals surface area contributed by atoms with Crippen LogP contribution in [0.1, 0.15) is 11.1 Å². The lowest BCUT2D eigenvalue weighted by atomic mass is 10.0. The zero-order valence-corrected chi connectivity index (χ0v) is 16.9. The van der Waals surface area contributed by atoms with Crippen molar-refractivity contribution in [2.75, 3.05) is 5.32 Å². The molecular formula is C24H19F2N3O3. The van der Waals surface area contributed by atoms with E-state index in [0.717, 1.165) is 5.56 Å². The van der Waals surface area contributed by atoms with Crippen molar-refractivity contribution in [1.82, 2.24) is 9.55 Å². The second kappa shape index (κ2) is 9.38. The van der Waals surface area contributed by atoms with Crippen LogP contribution in [0.4, 0.5) is 14.5 Å². The molecule has 0 radical (unpaired) electrons. The van der Waals surface area contributed by atoms with Gasteiger partial charge in [-0.15, -0.1) is 0 Å². The number of carbonyl (C=O) groups excluding carboxylic acids is 1. The van der Waals surface area contributed by atoms with Crippen molar-refractivity contribution in [3.8, 4) is 5.75 Å². The van der Waals surface area contributed by atoms with Gasteiger partial charge in [0.15, 0.2) is 0 Å². The zero-order valence-electron chi connectivity index (χ0n) is 16.9. The lowest BCUT2D eigenvalue weighted by Crippen LogP contribution is -2.28. The number of ether oxygens (including phenoxy) is 1. The number of halogens is 2. The molecule has 0 fully saturated rings. The Hall–Kier alpha value is -4.07. The summed E-state index contributed by atoms with van der Waals surface area (Å²) in [5.74, 6) is -0.394. The van der Waals surface area contributed by atoms with Gasteiger partial charge < -0.3 is 10.1 Å². The van der Waals surface area contributed by atoms with E-state index in [2.05, 4.69) is 15.0 Å². The quantitative estimate of drug-likeness (QED) is 0.472. The molecule has 0 atom stereocenters. The number of anilines is 1. The average molecular weight is 435 g/mol. The van der Waals surface area contributed by atoms with Crippen LogP contribution in [-0.4, -0.2) is 22.1 Å². The smallest absolute Gasteiger partial charge is 0.387 e. The summed E-state index contributed by atoms with van der Waals surface area (Å²) in [7, 11) is 0. The Labute approximate surface area is 182 Å². The van der Waals surface area contributed by atoms with Crippen molar-refractivity contribution in [2.24, 2.45) is 0 Å². The van der Waals surface area contributed by atoms with E-state index in [1.807, 2.05) is 30.3 Å². The van der Waals surface area contributed by atoms with Crippen LogP contribution >= 0.6 is 0 Å². The minimum Gasteiger partial charge on any atom is -0.435 e. The summed E-state index contributed by atoms with van der Waals surface area (Å²) in [6.45, 7) is -3.18. The number of hydrogen-bond donors (Lipinski definition) is 1. The van der Waals surface area contributed by atoms with Gasteiger partial charge in [-0.05, 0) is 35.9 Å². The van der Waals surface area contributed by atoms with E-state index in [0.29, 0.717) is 28.7 Å². The molecule has 32 heavy (non-hydrogen) atoms. The average Bonchev–Trinajstić information content (AvgIpc) is 2.78. The van der Waals surface area contributed by atoms with Gasteiger partial charge in [0.25, 0.3) is 5.56 Å². The SMILES string of the molecule is O=C(Cn1c(=O)cnc2ccccc21)Nc1ccc(OC(F)F)c(Cc2ccccc2)c1. The highest BCUT2D eigenvalue weighted by Crippen LogP contribution is 2.27. The fourth-order valence-electron chi connectivity index (χ4n) is 3.44. The first kappa shape index (κ1) is 21.2. The van der Waals surface area contributed by atoms with Crippen molar-refractivity contribution in [1.29, 1.82) is 0 Å². The Balaban J connectivity index is 1.58. The first-order valence-corrected chi connectivity index (χ1v) is 9.86. The van der Waals surface area contributed by atoms with E-state index >= 15 is 0 Å². The molecule has 0 aliphatic heterocycles. The third-order valence-corrected chi connectivity index (χ3v) is 4.85. The highest BCUT2D eigenvalue weighted by molar-refractivity contribution is 5.91. The number of amides is 1. The van der Waals surface area contributed by atoms with Crippen molar-refractivity contribution in [2.45, 2.75) is 19.6 Å². The van der Waals surface area contributed by atoms with Crippen molar-refractivity contribution >= 4 is 22.6 Å². The number of para-hydroxylation sites is 2. The molecule has 0 saturated heterocycles. The van der Waals surface area contributed by atoms with Gasteiger partial charge in [-0.1, -0.05) is 42.5 Å². The van der Waals surface area contributed by atoms with E-state index in [1.165, 1.54) is 22.9 Å². The van der Waals surface area contributed by atoms with E-state index in [9.17, 15) is 18.4 Å². The van der Waals surface area contributed by atoms with Gasteiger partial charge in [-0.25, -0.2) is 4.98 Å². The van der Waals surface area contributed by atoms with Crippen molar-refractivity contribution in [3.63, 3.8) is 0 Å². The van der Waals surface area contributed by atoms with E-state index in [4.69, 9.17) is 0 Å². The molecular weight excluding hydrogens is 416 g/mol. The Bertz CT molecular complexity index is 1310. The summed E-state index contributed by atoms with van der Waals surface area (Å²) in [5.41, 5.74) is 2.56. The molecule has 0 aliphatic rings. The van der Waals surface area contributed by atoms with Crippen LogP contribution in [0.3, 0.4) is 0 Å². The fraction of sp³-hybridized carbons (Fsp3) is 0.125. The summed E-state index contributed by atoms with van der Waals surface area (Å²) in [6.07, 6.45) is 1.52. The lowest BCUT2D eigenvalue weighted by molar-refractivity contribution is -0.116. The standard InChI is InChI=1S/C24H19F2N3O3/c25-24(26)32-21-11-10-18(13-17(21)12-16-6-2-1-3-7-16)28-22(30)15-29-20-9-5-4-8-19(20)27-14-23(29)31/h1-11,13-14,24H,12,15H2,(H,28,30). The van der Waals surface area contributed by atoms with Crippen molar-refractivity contribution in [3.05, 3.63) is 100 Å². The number of nitrogens with one attached hydrogen (secondary N) is 1. The third kappa shape index (κ3) is 4.97. The number of carbonyl (C=O) groups is 1. The molecule has 3 aromatic carbocycles. The molecule has 162 valence electrons. The van der Waals surface area contributed by atoms with Gasteiger partial charge in [0, 0.05) is 17.7 Å². The minimum atomic E-state index is -2.96. The molecule has 8 heteroatoms. The third-order valence-electron chi connectivity index (χ3n) is 4.85. The second-order valence-electron chi connectivity index (χ2n) is 7.08. The summed E-state index contributed by atoms with van der Waals surface area (Å²) >= 11 is 0. The van der Waals surface area contributed by atoms with Crippen LogP contribution in [0.2, 0.25) is 0 Å². The lowest BCUT2D eigenvalue weighted by Gasteiger charge is -2.14. The van der Waals surface area contributed by atoms with Crippen LogP contribution < -0.4 is 15.6 Å². The molecule has 4 aromatic rings. The van der Waals surface area contributed by atoms with Gasteiger partial charge in [0.1, 0.15) is 12.3 Å². The molecule has 0 saturated carbocycles. The maximum atomic E-state index is 12.8. The first-order valence-electron chi connectivity index (χ1n) is 9.86. The Morgan fingerprint density at radius 1 is 1.03 bits per heavy atom. The maximum absolute atomic E-state index is 12.8. The number of benzene rings is 3. The molecule has 0 unspecified atom stereocenters. The highest BCUT2D eigenvalue weighted by Gasteiger charge is 2.14. The number of alkyl halides is 2. The van der Waals surface area contributed by atoms with Crippen LogP contribution in [0.15, 0.2) is 83.8 Å². The van der Waals surface area contributed by atoms with E-state index < -0.39 is 18.1 Å². The normalized spacial score (nSPS) is 11.0. The van der Waals surface area contributed by atoms with E-state index in [-0.39, 0.29) is 12.3 Å². The number of hydrogen-bond acceptors (Lipinski definition) is 4. The molecule has 0 spiro atoms. The van der Waals surface area contributed by atoms with Gasteiger partial charge >= 0.3 is 6.61 Å². The maximum Gasteiger partial charge on any atom is 0.387 e. The number of nitrogens with zero attached hydrogens (tertiary/aromatic N) is 2. The number of aromatic nitrogens is 2. The van der Waals surface area contributed by atoms with Crippen LogP contribution in [-0.2, 0) is 17.8 Å². The van der Waals surface area contributed by atoms with Gasteiger partial charge in [-0.2, -0.15) is 8.78 Å².